The fourth-order valence-corrected chi connectivity index (χ4v) is 3.98. The molecule has 0 spiro atoms. The van der Waals surface area contributed by atoms with Crippen molar-refractivity contribution in [3.05, 3.63) is 65.5 Å². The van der Waals surface area contributed by atoms with E-state index in [1.807, 2.05) is 24.3 Å². The van der Waals surface area contributed by atoms with Gasteiger partial charge in [0.05, 0.1) is 11.3 Å². The van der Waals surface area contributed by atoms with Crippen molar-refractivity contribution in [1.82, 2.24) is 0 Å². The van der Waals surface area contributed by atoms with Crippen LogP contribution < -0.4 is 10.6 Å². The quantitative estimate of drug-likeness (QED) is 0.919. The molecule has 1 unspecified atom stereocenters. The molecule has 2 aromatic rings. The number of carbonyl (C=O) groups excluding carboxylic acids is 2. The van der Waals surface area contributed by atoms with E-state index < -0.39 is 5.41 Å². The zero-order valence-electron chi connectivity index (χ0n) is 14.5. The molecule has 4 nitrogen and oxygen atoms in total. The number of halogens is 1. The molecule has 0 saturated heterocycles. The van der Waals surface area contributed by atoms with Crippen LogP contribution in [0.1, 0.15) is 36.3 Å². The van der Waals surface area contributed by atoms with Crippen molar-refractivity contribution >= 4 is 17.5 Å². The molecular weight excluding hydrogens is 331 g/mol. The average Bonchev–Trinajstić information content (AvgIpc) is 3.43. The highest BCUT2D eigenvalue weighted by atomic mass is 19.1. The number of rotatable bonds is 4. The predicted octanol–water partition coefficient (Wildman–Crippen LogP) is 3.15. The first kappa shape index (κ1) is 16.8. The molecule has 2 aliphatic rings. The minimum atomic E-state index is -0.533. The van der Waals surface area contributed by atoms with Gasteiger partial charge in [-0.05, 0) is 48.9 Å². The lowest BCUT2D eigenvalue weighted by Crippen LogP contribution is -2.43. The van der Waals surface area contributed by atoms with Crippen LogP contribution in [0.5, 0.6) is 0 Å². The fourth-order valence-electron chi connectivity index (χ4n) is 3.98. The van der Waals surface area contributed by atoms with Crippen LogP contribution in [-0.4, -0.2) is 18.4 Å². The number of carbonyl (C=O) groups is 2. The van der Waals surface area contributed by atoms with Crippen LogP contribution in [0.3, 0.4) is 0 Å². The van der Waals surface area contributed by atoms with E-state index in [0.717, 1.165) is 24.1 Å². The largest absolute Gasteiger partial charge is 0.369 e. The van der Waals surface area contributed by atoms with Crippen LogP contribution in [0.25, 0.3) is 0 Å². The maximum Gasteiger partial charge on any atom is 0.233 e. The summed E-state index contributed by atoms with van der Waals surface area (Å²) in [6.07, 6.45) is 2.46. The van der Waals surface area contributed by atoms with Crippen LogP contribution in [0.15, 0.2) is 48.5 Å². The topological polar surface area (TPSA) is 63.4 Å². The molecule has 0 bridgehead atoms. The summed E-state index contributed by atoms with van der Waals surface area (Å²) in [5.41, 5.74) is 7.15. The second-order valence-electron chi connectivity index (χ2n) is 7.31. The van der Waals surface area contributed by atoms with Crippen LogP contribution in [0, 0.1) is 11.2 Å². The van der Waals surface area contributed by atoms with Gasteiger partial charge in [-0.25, -0.2) is 4.39 Å². The van der Waals surface area contributed by atoms with E-state index >= 15 is 0 Å². The smallest absolute Gasteiger partial charge is 0.233 e. The molecular formula is C21H21FN2O2. The Kier molecular flexibility index (Phi) is 4.02. The number of primary amides is 1. The summed E-state index contributed by atoms with van der Waals surface area (Å²) in [5.74, 6) is -0.968. The van der Waals surface area contributed by atoms with Crippen LogP contribution in [-0.2, 0) is 16.0 Å². The lowest BCUT2D eigenvalue weighted by Gasteiger charge is -2.35. The molecule has 2 amide bonds. The van der Waals surface area contributed by atoms with Gasteiger partial charge < -0.3 is 10.6 Å². The maximum absolute atomic E-state index is 14.1. The molecule has 1 atom stereocenters. The second-order valence-corrected chi connectivity index (χ2v) is 7.31. The van der Waals surface area contributed by atoms with Gasteiger partial charge in [0.15, 0.2) is 0 Å². The van der Waals surface area contributed by atoms with Gasteiger partial charge in [-0.1, -0.05) is 36.4 Å². The monoisotopic (exact) mass is 352 g/mol. The van der Waals surface area contributed by atoms with Crippen molar-refractivity contribution < 1.29 is 14.0 Å². The highest BCUT2D eigenvalue weighted by Gasteiger charge is 2.52. The van der Waals surface area contributed by atoms with E-state index in [1.54, 1.807) is 23.1 Å². The molecule has 4 rings (SSSR count). The van der Waals surface area contributed by atoms with E-state index in [2.05, 4.69) is 0 Å². The minimum Gasteiger partial charge on any atom is -0.369 e. The van der Waals surface area contributed by atoms with E-state index in [1.165, 1.54) is 6.07 Å². The van der Waals surface area contributed by atoms with E-state index in [4.69, 9.17) is 5.73 Å². The molecule has 1 aliphatic carbocycles. The predicted molar refractivity (Wildman–Crippen MR) is 97.1 cm³/mol. The SMILES string of the molecule is NC(=O)C1CCN(C(=O)C2(Cc3ccccc3F)CC2)c2ccccc21. The zero-order valence-corrected chi connectivity index (χ0v) is 14.5. The molecule has 2 N–H and O–H groups in total. The number of hydrogen-bond acceptors (Lipinski definition) is 2. The third-order valence-corrected chi connectivity index (χ3v) is 5.63. The minimum absolute atomic E-state index is 0.0242. The highest BCUT2D eigenvalue weighted by Crippen LogP contribution is 2.51. The lowest BCUT2D eigenvalue weighted by atomic mass is 9.87. The molecule has 2 aromatic carbocycles. The molecule has 1 saturated carbocycles. The van der Waals surface area contributed by atoms with Gasteiger partial charge in [-0.3, -0.25) is 9.59 Å². The Morgan fingerprint density at radius 1 is 1.12 bits per heavy atom. The fraction of sp³-hybridized carbons (Fsp3) is 0.333. The molecule has 1 heterocycles. The number of amides is 2. The molecule has 0 aromatic heterocycles. The van der Waals surface area contributed by atoms with Crippen LogP contribution >= 0.6 is 0 Å². The van der Waals surface area contributed by atoms with Gasteiger partial charge in [-0.2, -0.15) is 0 Å². The van der Waals surface area contributed by atoms with Gasteiger partial charge in [-0.15, -0.1) is 0 Å². The Morgan fingerprint density at radius 3 is 2.50 bits per heavy atom. The third kappa shape index (κ3) is 2.77. The van der Waals surface area contributed by atoms with Gasteiger partial charge >= 0.3 is 0 Å². The number of nitrogens with two attached hydrogens (primary N) is 1. The number of anilines is 1. The summed E-state index contributed by atoms with van der Waals surface area (Å²) >= 11 is 0. The van der Waals surface area contributed by atoms with E-state index in [-0.39, 0.29) is 23.5 Å². The summed E-state index contributed by atoms with van der Waals surface area (Å²) in [6, 6.07) is 14.1. The first-order chi connectivity index (χ1) is 12.5. The van der Waals surface area contributed by atoms with Gasteiger partial charge in [0.25, 0.3) is 0 Å². The molecule has 134 valence electrons. The Balaban J connectivity index is 1.63. The Morgan fingerprint density at radius 2 is 1.81 bits per heavy atom. The second kappa shape index (κ2) is 6.24. The van der Waals surface area contributed by atoms with Crippen molar-refractivity contribution in [2.24, 2.45) is 11.1 Å². The van der Waals surface area contributed by atoms with Crippen molar-refractivity contribution in [3.63, 3.8) is 0 Å². The van der Waals surface area contributed by atoms with Crippen molar-refractivity contribution in [1.29, 1.82) is 0 Å². The van der Waals surface area contributed by atoms with E-state index in [0.29, 0.717) is 24.9 Å². The Bertz CT molecular complexity index is 876. The molecule has 1 aliphatic heterocycles. The summed E-state index contributed by atoms with van der Waals surface area (Å²) in [4.78, 5) is 26.8. The summed E-state index contributed by atoms with van der Waals surface area (Å²) in [5, 5.41) is 0. The lowest BCUT2D eigenvalue weighted by molar-refractivity contribution is -0.124. The van der Waals surface area contributed by atoms with Gasteiger partial charge in [0.1, 0.15) is 5.82 Å². The average molecular weight is 352 g/mol. The normalized spacial score (nSPS) is 20.3. The van der Waals surface area contributed by atoms with Crippen molar-refractivity contribution in [3.8, 4) is 0 Å². The summed E-state index contributed by atoms with van der Waals surface area (Å²) in [6.45, 7) is 0.461. The molecule has 5 heteroatoms. The number of nitrogens with zero attached hydrogens (tertiary/aromatic N) is 1. The van der Waals surface area contributed by atoms with Crippen LogP contribution in [0.4, 0.5) is 10.1 Å². The Hall–Kier alpha value is -2.69. The molecule has 1 fully saturated rings. The van der Waals surface area contributed by atoms with Gasteiger partial charge in [0, 0.05) is 12.2 Å². The molecule has 26 heavy (non-hydrogen) atoms. The molecule has 0 radical (unpaired) electrons. The zero-order chi connectivity index (χ0) is 18.3. The summed E-state index contributed by atoms with van der Waals surface area (Å²) < 4.78 is 14.1. The standard InChI is InChI=1S/C21H21FN2O2/c22-17-7-3-1-5-14(17)13-21(10-11-21)20(26)24-12-9-16(19(23)25)15-6-2-4-8-18(15)24/h1-8,16H,9-13H2,(H2,23,25). The number of fused-ring (bicyclic) bond motifs is 1. The van der Waals surface area contributed by atoms with Crippen molar-refractivity contribution in [2.75, 3.05) is 11.4 Å². The first-order valence-electron chi connectivity index (χ1n) is 8.95. The number of hydrogen-bond donors (Lipinski definition) is 1. The number of benzene rings is 2. The summed E-state index contributed by atoms with van der Waals surface area (Å²) in [7, 11) is 0. The maximum atomic E-state index is 14.1. The van der Waals surface area contributed by atoms with Crippen molar-refractivity contribution in [2.45, 2.75) is 31.6 Å². The first-order valence-corrected chi connectivity index (χ1v) is 8.95. The Labute approximate surface area is 151 Å². The third-order valence-electron chi connectivity index (χ3n) is 5.63. The highest BCUT2D eigenvalue weighted by molar-refractivity contribution is 6.01. The number of para-hydroxylation sites is 1. The van der Waals surface area contributed by atoms with E-state index in [9.17, 15) is 14.0 Å². The van der Waals surface area contributed by atoms with Gasteiger partial charge in [0.2, 0.25) is 11.8 Å². The van der Waals surface area contributed by atoms with Crippen LogP contribution in [0.2, 0.25) is 0 Å².